The summed E-state index contributed by atoms with van der Waals surface area (Å²) in [6, 6.07) is 5.84. The summed E-state index contributed by atoms with van der Waals surface area (Å²) in [5.74, 6) is -0.0552. The Hall–Kier alpha value is -3.42. The van der Waals surface area contributed by atoms with E-state index in [1.807, 2.05) is 0 Å². The highest BCUT2D eigenvalue weighted by Gasteiger charge is 2.35. The van der Waals surface area contributed by atoms with E-state index < -0.39 is 36.6 Å². The second-order valence-electron chi connectivity index (χ2n) is 12.2. The predicted octanol–water partition coefficient (Wildman–Crippen LogP) is 6.29. The van der Waals surface area contributed by atoms with Crippen LogP contribution in [-0.2, 0) is 22.6 Å². The van der Waals surface area contributed by atoms with E-state index in [-0.39, 0.29) is 42.2 Å². The zero-order chi connectivity index (χ0) is 30.9. The fourth-order valence-corrected chi connectivity index (χ4v) is 6.42. The van der Waals surface area contributed by atoms with Crippen molar-refractivity contribution in [2.45, 2.75) is 90.0 Å². The number of amides is 2. The van der Waals surface area contributed by atoms with E-state index in [0.29, 0.717) is 28.0 Å². The summed E-state index contributed by atoms with van der Waals surface area (Å²) in [7, 11) is 0. The van der Waals surface area contributed by atoms with E-state index in [0.717, 1.165) is 41.6 Å². The lowest BCUT2D eigenvalue weighted by Crippen LogP contribution is -2.51. The van der Waals surface area contributed by atoms with Crippen LogP contribution in [0.5, 0.6) is 0 Å². The molecule has 14 heteroatoms. The van der Waals surface area contributed by atoms with Crippen LogP contribution in [0.25, 0.3) is 21.6 Å². The van der Waals surface area contributed by atoms with Crippen LogP contribution in [0.1, 0.15) is 57.9 Å². The number of nitrogens with one attached hydrogen (secondary N) is 2. The van der Waals surface area contributed by atoms with Crippen molar-refractivity contribution >= 4 is 39.9 Å². The second-order valence-corrected chi connectivity index (χ2v) is 13.2. The highest BCUT2D eigenvalue weighted by molar-refractivity contribution is 7.14. The second kappa shape index (κ2) is 12.3. The van der Waals surface area contributed by atoms with Crippen LogP contribution in [0.15, 0.2) is 24.3 Å². The molecule has 0 unspecified atom stereocenters. The lowest BCUT2D eigenvalue weighted by Gasteiger charge is -2.36. The number of alkyl halides is 4. The van der Waals surface area contributed by atoms with Gasteiger partial charge in [-0.1, -0.05) is 30.2 Å². The number of aromatic nitrogens is 3. The first-order chi connectivity index (χ1) is 20.3. The highest BCUT2D eigenvalue weighted by atomic mass is 32.1. The van der Waals surface area contributed by atoms with E-state index >= 15 is 4.39 Å². The summed E-state index contributed by atoms with van der Waals surface area (Å²) < 4.78 is 62.9. The molecule has 234 valence electrons. The fourth-order valence-electron chi connectivity index (χ4n) is 5.62. The maximum absolute atomic E-state index is 15.3. The van der Waals surface area contributed by atoms with Crippen LogP contribution < -0.4 is 10.6 Å². The van der Waals surface area contributed by atoms with Gasteiger partial charge in [-0.15, -0.1) is 10.2 Å². The van der Waals surface area contributed by atoms with Crippen LogP contribution in [0.2, 0.25) is 0 Å². The van der Waals surface area contributed by atoms with Gasteiger partial charge in [-0.25, -0.2) is 9.18 Å². The standard InChI is InChI=1S/C29H36F4N6O3S/c1-28(2,3)42-27(41)38-12-11-21(19(30)15-38)35-20-9-6-10-22-18(20)13-23(39(22)16-29(31,32)33)26-37-36-24(43-26)14-34-25(40)17-7-4-5-8-17/h6,9-10,13,17,19,21,35H,4-5,7-8,11-12,14-16H2,1-3H3,(H,34,40)/t19-,21+/m0/s1. The van der Waals surface area contributed by atoms with Crippen LogP contribution in [0.3, 0.4) is 0 Å². The van der Waals surface area contributed by atoms with Crippen LogP contribution in [0, 0.1) is 5.92 Å². The number of hydrogen-bond donors (Lipinski definition) is 2. The van der Waals surface area contributed by atoms with Gasteiger partial charge in [-0.3, -0.25) is 4.79 Å². The molecule has 2 aliphatic rings. The predicted molar refractivity (Wildman–Crippen MR) is 155 cm³/mol. The first-order valence-electron chi connectivity index (χ1n) is 14.5. The quantitative estimate of drug-likeness (QED) is 0.300. The maximum atomic E-state index is 15.3. The first kappa shape index (κ1) is 31.0. The summed E-state index contributed by atoms with van der Waals surface area (Å²) in [5, 5.41) is 15.6. The number of carbonyl (C=O) groups excluding carboxylic acids is 2. The van der Waals surface area contributed by atoms with E-state index in [4.69, 9.17) is 4.74 Å². The summed E-state index contributed by atoms with van der Waals surface area (Å²) >= 11 is 1.12. The van der Waals surface area contributed by atoms with Crippen molar-refractivity contribution in [1.82, 2.24) is 25.0 Å². The lowest BCUT2D eigenvalue weighted by atomic mass is 10.0. The van der Waals surface area contributed by atoms with Gasteiger partial charge in [0.25, 0.3) is 0 Å². The number of piperidine rings is 1. The minimum absolute atomic E-state index is 0.0129. The van der Waals surface area contributed by atoms with Gasteiger partial charge in [0.15, 0.2) is 5.01 Å². The van der Waals surface area contributed by atoms with Crippen molar-refractivity contribution in [3.05, 3.63) is 29.3 Å². The molecule has 2 fully saturated rings. The number of rotatable bonds is 7. The molecule has 3 heterocycles. The van der Waals surface area contributed by atoms with Gasteiger partial charge in [-0.2, -0.15) is 13.2 Å². The van der Waals surface area contributed by atoms with Gasteiger partial charge in [0.05, 0.1) is 30.3 Å². The SMILES string of the molecule is CC(C)(C)OC(=O)N1CC[C@@H](Nc2cccc3c2cc(-c2nnc(CNC(=O)C4CCCC4)s2)n3CC(F)(F)F)[C@@H](F)C1. The molecule has 43 heavy (non-hydrogen) atoms. The molecule has 2 atom stereocenters. The highest BCUT2D eigenvalue weighted by Crippen LogP contribution is 2.37. The average Bonchev–Trinajstić information content (AvgIpc) is 3.68. The number of hydrogen-bond acceptors (Lipinski definition) is 7. The summed E-state index contributed by atoms with van der Waals surface area (Å²) in [6.07, 6.45) is -2.46. The van der Waals surface area contributed by atoms with Gasteiger partial charge in [-0.05, 0) is 58.2 Å². The molecule has 3 aromatic rings. The average molecular weight is 625 g/mol. The van der Waals surface area contributed by atoms with E-state index in [9.17, 15) is 22.8 Å². The van der Waals surface area contributed by atoms with Gasteiger partial charge in [0.1, 0.15) is 23.3 Å². The normalized spacial score (nSPS) is 20.0. The third-order valence-electron chi connectivity index (χ3n) is 7.64. The van der Waals surface area contributed by atoms with Crippen molar-refractivity contribution in [2.75, 3.05) is 18.4 Å². The molecule has 1 aromatic carbocycles. The molecule has 0 radical (unpaired) electrons. The largest absolute Gasteiger partial charge is 0.444 e. The smallest absolute Gasteiger partial charge is 0.410 e. The molecule has 0 spiro atoms. The minimum atomic E-state index is -4.51. The lowest BCUT2D eigenvalue weighted by molar-refractivity contribution is -0.139. The third kappa shape index (κ3) is 7.57. The van der Waals surface area contributed by atoms with Crippen molar-refractivity contribution in [1.29, 1.82) is 0 Å². The number of fused-ring (bicyclic) bond motifs is 1. The van der Waals surface area contributed by atoms with Gasteiger partial charge >= 0.3 is 12.3 Å². The molecular formula is C29H36F4N6O3S. The maximum Gasteiger partial charge on any atom is 0.410 e. The number of nitrogens with zero attached hydrogens (tertiary/aromatic N) is 4. The Balaban J connectivity index is 1.36. The van der Waals surface area contributed by atoms with Crippen molar-refractivity contribution in [2.24, 2.45) is 5.92 Å². The number of benzene rings is 1. The molecule has 1 saturated heterocycles. The van der Waals surface area contributed by atoms with Gasteiger partial charge in [0, 0.05) is 23.5 Å². The summed E-state index contributed by atoms with van der Waals surface area (Å²) in [4.78, 5) is 26.2. The number of halogens is 4. The molecule has 2 aromatic heterocycles. The Kier molecular flexibility index (Phi) is 8.87. The Morgan fingerprint density at radius 3 is 2.53 bits per heavy atom. The Morgan fingerprint density at radius 1 is 1.12 bits per heavy atom. The van der Waals surface area contributed by atoms with E-state index in [2.05, 4.69) is 20.8 Å². The molecule has 1 aliphatic heterocycles. The zero-order valence-electron chi connectivity index (χ0n) is 24.3. The zero-order valence-corrected chi connectivity index (χ0v) is 25.2. The number of carbonyl (C=O) groups is 2. The van der Waals surface area contributed by atoms with Crippen LogP contribution in [0.4, 0.5) is 28.0 Å². The van der Waals surface area contributed by atoms with Crippen LogP contribution >= 0.6 is 11.3 Å². The Bertz CT molecular complexity index is 1460. The van der Waals surface area contributed by atoms with Crippen LogP contribution in [-0.4, -0.2) is 68.7 Å². The summed E-state index contributed by atoms with van der Waals surface area (Å²) in [6.45, 7) is 4.24. The Morgan fingerprint density at radius 2 is 1.86 bits per heavy atom. The molecule has 1 saturated carbocycles. The number of likely N-dealkylation sites (tertiary alicyclic amines) is 1. The minimum Gasteiger partial charge on any atom is -0.444 e. The first-order valence-corrected chi connectivity index (χ1v) is 15.3. The molecule has 2 amide bonds. The molecule has 5 rings (SSSR count). The molecule has 2 N–H and O–H groups in total. The molecule has 0 bridgehead atoms. The van der Waals surface area contributed by atoms with Gasteiger partial charge < -0.3 is 24.8 Å². The number of anilines is 1. The monoisotopic (exact) mass is 624 g/mol. The van der Waals surface area contributed by atoms with Crippen molar-refractivity contribution in [3.63, 3.8) is 0 Å². The molecule has 1 aliphatic carbocycles. The van der Waals surface area contributed by atoms with E-state index in [1.54, 1.807) is 45.0 Å². The summed E-state index contributed by atoms with van der Waals surface area (Å²) in [5.41, 5.74) is 0.312. The van der Waals surface area contributed by atoms with Gasteiger partial charge in [0.2, 0.25) is 5.91 Å². The number of ether oxygens (including phenoxy) is 1. The molecule has 9 nitrogen and oxygen atoms in total. The van der Waals surface area contributed by atoms with Crippen molar-refractivity contribution in [3.8, 4) is 10.7 Å². The Labute approximate surface area is 251 Å². The van der Waals surface area contributed by atoms with E-state index in [1.165, 1.54) is 4.90 Å². The fraction of sp³-hybridized carbons (Fsp3) is 0.586. The molecular weight excluding hydrogens is 588 g/mol. The van der Waals surface area contributed by atoms with Crippen molar-refractivity contribution < 1.29 is 31.9 Å². The topological polar surface area (TPSA) is 101 Å². The third-order valence-corrected chi connectivity index (χ3v) is 8.59.